The van der Waals surface area contributed by atoms with Gasteiger partial charge in [-0.05, 0) is 40.4 Å². The summed E-state index contributed by atoms with van der Waals surface area (Å²) in [5.74, 6) is 1.74. The van der Waals surface area contributed by atoms with E-state index in [9.17, 15) is 5.11 Å². The number of hydrogen-bond acceptors (Lipinski definition) is 3. The van der Waals surface area contributed by atoms with Crippen molar-refractivity contribution in [3.63, 3.8) is 0 Å². The smallest absolute Gasteiger partial charge is 0.127 e. The first-order chi connectivity index (χ1) is 12.2. The first-order valence-corrected chi connectivity index (χ1v) is 8.09. The van der Waals surface area contributed by atoms with Crippen LogP contribution >= 0.6 is 0 Å². The Balaban J connectivity index is 2.21. The molecule has 0 radical (unpaired) electrons. The average molecular weight is 330 g/mol. The van der Waals surface area contributed by atoms with Gasteiger partial charge in [-0.2, -0.15) is 0 Å². The number of benzene rings is 4. The fourth-order valence-electron chi connectivity index (χ4n) is 3.44. The van der Waals surface area contributed by atoms with Crippen LogP contribution in [0.4, 0.5) is 0 Å². The molecule has 0 unspecified atom stereocenters. The van der Waals surface area contributed by atoms with Crippen LogP contribution in [0.25, 0.3) is 32.7 Å². The van der Waals surface area contributed by atoms with E-state index in [4.69, 9.17) is 9.47 Å². The SMILES string of the molecule is COc1ccc2ccccc2c1-c1cc(O)cc2cccc(OC)c12. The first kappa shape index (κ1) is 15.3. The number of hydrogen-bond donors (Lipinski definition) is 1. The first-order valence-electron chi connectivity index (χ1n) is 8.09. The second kappa shape index (κ2) is 6.02. The lowest BCUT2D eigenvalue weighted by molar-refractivity contribution is 0.416. The number of aromatic hydroxyl groups is 1. The van der Waals surface area contributed by atoms with Crippen molar-refractivity contribution in [1.82, 2.24) is 0 Å². The quantitative estimate of drug-likeness (QED) is 0.548. The van der Waals surface area contributed by atoms with E-state index in [0.29, 0.717) is 0 Å². The highest BCUT2D eigenvalue weighted by Crippen LogP contribution is 2.44. The lowest BCUT2D eigenvalue weighted by atomic mass is 9.92. The van der Waals surface area contributed by atoms with Gasteiger partial charge in [-0.25, -0.2) is 0 Å². The van der Waals surface area contributed by atoms with Gasteiger partial charge in [-0.15, -0.1) is 0 Å². The molecule has 0 saturated heterocycles. The van der Waals surface area contributed by atoms with Gasteiger partial charge in [0, 0.05) is 16.5 Å². The molecule has 0 heterocycles. The molecule has 0 spiro atoms. The van der Waals surface area contributed by atoms with E-state index in [0.717, 1.165) is 44.2 Å². The Morgan fingerprint density at radius 3 is 2.28 bits per heavy atom. The summed E-state index contributed by atoms with van der Waals surface area (Å²) >= 11 is 0. The third kappa shape index (κ3) is 2.45. The van der Waals surface area contributed by atoms with Crippen LogP contribution in [0.15, 0.2) is 66.7 Å². The van der Waals surface area contributed by atoms with E-state index < -0.39 is 0 Å². The molecule has 0 saturated carbocycles. The zero-order valence-corrected chi connectivity index (χ0v) is 14.1. The van der Waals surface area contributed by atoms with Crippen LogP contribution in [0.1, 0.15) is 0 Å². The lowest BCUT2D eigenvalue weighted by Crippen LogP contribution is -1.93. The van der Waals surface area contributed by atoms with Gasteiger partial charge in [0.1, 0.15) is 17.2 Å². The molecule has 0 amide bonds. The standard InChI is InChI=1S/C22H18O3/c1-24-19-9-5-7-15-12-16(23)13-18(21(15)19)22-17-8-4-3-6-14(17)10-11-20(22)25-2/h3-13,23H,1-2H3. The molecule has 0 bridgehead atoms. The summed E-state index contributed by atoms with van der Waals surface area (Å²) in [5, 5.41) is 14.4. The molecule has 0 fully saturated rings. The molecule has 1 N–H and O–H groups in total. The third-order valence-corrected chi connectivity index (χ3v) is 4.52. The molecular formula is C22H18O3. The molecule has 3 nitrogen and oxygen atoms in total. The van der Waals surface area contributed by atoms with Gasteiger partial charge in [0.25, 0.3) is 0 Å². The number of methoxy groups -OCH3 is 2. The van der Waals surface area contributed by atoms with Crippen molar-refractivity contribution < 1.29 is 14.6 Å². The highest BCUT2D eigenvalue weighted by molar-refractivity contribution is 6.10. The Morgan fingerprint density at radius 2 is 1.48 bits per heavy atom. The van der Waals surface area contributed by atoms with Crippen molar-refractivity contribution in [3.05, 3.63) is 66.7 Å². The Kier molecular flexibility index (Phi) is 3.69. The second-order valence-corrected chi connectivity index (χ2v) is 5.92. The van der Waals surface area contributed by atoms with Crippen molar-refractivity contribution >= 4 is 21.5 Å². The molecule has 0 atom stereocenters. The Bertz CT molecular complexity index is 1080. The summed E-state index contributed by atoms with van der Waals surface area (Å²) in [4.78, 5) is 0. The minimum atomic E-state index is 0.214. The maximum atomic E-state index is 10.3. The topological polar surface area (TPSA) is 38.7 Å². The van der Waals surface area contributed by atoms with Crippen LogP contribution < -0.4 is 9.47 Å². The van der Waals surface area contributed by atoms with E-state index in [2.05, 4.69) is 12.1 Å². The van der Waals surface area contributed by atoms with Crippen LogP contribution in [0, 0.1) is 0 Å². The van der Waals surface area contributed by atoms with Crippen LogP contribution in [-0.4, -0.2) is 19.3 Å². The summed E-state index contributed by atoms with van der Waals surface area (Å²) in [6, 6.07) is 21.5. The van der Waals surface area contributed by atoms with Crippen LogP contribution in [-0.2, 0) is 0 Å². The molecule has 0 aliphatic rings. The normalized spacial score (nSPS) is 11.0. The lowest BCUT2D eigenvalue weighted by Gasteiger charge is -2.16. The van der Waals surface area contributed by atoms with Crippen molar-refractivity contribution in [3.8, 4) is 28.4 Å². The monoisotopic (exact) mass is 330 g/mol. The summed E-state index contributed by atoms with van der Waals surface area (Å²) in [5.41, 5.74) is 1.84. The van der Waals surface area contributed by atoms with Crippen LogP contribution in [0.2, 0.25) is 0 Å². The van der Waals surface area contributed by atoms with Crippen molar-refractivity contribution in [2.24, 2.45) is 0 Å². The van der Waals surface area contributed by atoms with Gasteiger partial charge >= 0.3 is 0 Å². The number of phenols is 1. The third-order valence-electron chi connectivity index (χ3n) is 4.52. The highest BCUT2D eigenvalue weighted by Gasteiger charge is 2.17. The fraction of sp³-hybridized carbons (Fsp3) is 0.0909. The second-order valence-electron chi connectivity index (χ2n) is 5.92. The van der Waals surface area contributed by atoms with Gasteiger partial charge in [0.05, 0.1) is 14.2 Å². The molecule has 124 valence electrons. The van der Waals surface area contributed by atoms with E-state index in [1.165, 1.54) is 0 Å². The molecule has 4 aromatic rings. The fourth-order valence-corrected chi connectivity index (χ4v) is 3.44. The molecule has 0 aromatic heterocycles. The minimum absolute atomic E-state index is 0.214. The van der Waals surface area contributed by atoms with Crippen LogP contribution in [0.3, 0.4) is 0 Å². The maximum Gasteiger partial charge on any atom is 0.127 e. The summed E-state index contributed by atoms with van der Waals surface area (Å²) in [6.45, 7) is 0. The largest absolute Gasteiger partial charge is 0.508 e. The number of ether oxygens (including phenoxy) is 2. The van der Waals surface area contributed by atoms with Gasteiger partial charge in [0.2, 0.25) is 0 Å². The molecule has 3 heteroatoms. The van der Waals surface area contributed by atoms with E-state index >= 15 is 0 Å². The Hall–Kier alpha value is -3.20. The van der Waals surface area contributed by atoms with Crippen LogP contribution in [0.5, 0.6) is 17.2 Å². The van der Waals surface area contributed by atoms with Crippen molar-refractivity contribution in [2.45, 2.75) is 0 Å². The zero-order valence-electron chi connectivity index (χ0n) is 14.1. The summed E-state index contributed by atoms with van der Waals surface area (Å²) in [6.07, 6.45) is 0. The predicted octanol–water partition coefficient (Wildman–Crippen LogP) is 5.38. The van der Waals surface area contributed by atoms with Gasteiger partial charge in [-0.3, -0.25) is 0 Å². The van der Waals surface area contributed by atoms with Gasteiger partial charge < -0.3 is 14.6 Å². The number of rotatable bonds is 3. The molecule has 4 rings (SSSR count). The Labute approximate surface area is 146 Å². The summed E-state index contributed by atoms with van der Waals surface area (Å²) < 4.78 is 11.2. The predicted molar refractivity (Wildman–Crippen MR) is 102 cm³/mol. The van der Waals surface area contributed by atoms with Gasteiger partial charge in [0.15, 0.2) is 0 Å². The van der Waals surface area contributed by atoms with Crippen molar-refractivity contribution in [1.29, 1.82) is 0 Å². The number of phenolic OH excluding ortho intramolecular Hbond substituents is 1. The highest BCUT2D eigenvalue weighted by atomic mass is 16.5. The molecule has 25 heavy (non-hydrogen) atoms. The molecule has 0 aliphatic heterocycles. The minimum Gasteiger partial charge on any atom is -0.508 e. The zero-order chi connectivity index (χ0) is 17.4. The average Bonchev–Trinajstić information content (AvgIpc) is 2.65. The Morgan fingerprint density at radius 1 is 0.720 bits per heavy atom. The number of fused-ring (bicyclic) bond motifs is 2. The molecule has 4 aromatic carbocycles. The molecule has 0 aliphatic carbocycles. The summed E-state index contributed by atoms with van der Waals surface area (Å²) in [7, 11) is 3.32. The van der Waals surface area contributed by atoms with Crippen molar-refractivity contribution in [2.75, 3.05) is 14.2 Å². The van der Waals surface area contributed by atoms with E-state index in [1.807, 2.05) is 42.5 Å². The van der Waals surface area contributed by atoms with E-state index in [-0.39, 0.29) is 5.75 Å². The van der Waals surface area contributed by atoms with E-state index in [1.54, 1.807) is 26.4 Å². The maximum absolute atomic E-state index is 10.3. The van der Waals surface area contributed by atoms with Gasteiger partial charge in [-0.1, -0.05) is 42.5 Å². The molecular weight excluding hydrogens is 312 g/mol.